The Morgan fingerprint density at radius 2 is 2.09 bits per heavy atom. The first-order chi connectivity index (χ1) is 10.8. The Hall–Kier alpha value is -1.09. The van der Waals surface area contributed by atoms with E-state index in [9.17, 15) is 9.90 Å². The van der Waals surface area contributed by atoms with Crippen molar-refractivity contribution in [1.29, 1.82) is 0 Å². The lowest BCUT2D eigenvalue weighted by molar-refractivity contribution is -0.151. The molecule has 0 spiro atoms. The average Bonchev–Trinajstić information content (AvgIpc) is 2.82. The second-order valence-corrected chi connectivity index (χ2v) is 8.39. The third-order valence-electron chi connectivity index (χ3n) is 7.39. The molecular weight excluding hydrogens is 288 g/mol. The van der Waals surface area contributed by atoms with Crippen molar-refractivity contribution in [2.75, 3.05) is 0 Å². The van der Waals surface area contributed by atoms with Crippen LogP contribution in [-0.4, -0.2) is 17.4 Å². The van der Waals surface area contributed by atoms with Gasteiger partial charge in [-0.3, -0.25) is 0 Å². The monoisotopic (exact) mass is 318 g/mol. The topological polar surface area (TPSA) is 46.5 Å². The molecule has 5 atom stereocenters. The number of allylic oxidation sites excluding steroid dienone is 2. The number of fused-ring (bicyclic) bond motifs is 1. The third kappa shape index (κ3) is 2.67. The van der Waals surface area contributed by atoms with Gasteiger partial charge < -0.3 is 9.84 Å². The SMILES string of the molecule is CC1=CCC[C@H]2[C@](C)(CCC3=CC(=O)O[C@@H]3O)[C@@H](C)CC[C@]12C. The number of aliphatic hydroxyl groups excluding tert-OH is 1. The zero-order chi connectivity index (χ0) is 16.8. The highest BCUT2D eigenvalue weighted by molar-refractivity contribution is 5.85. The van der Waals surface area contributed by atoms with Gasteiger partial charge in [-0.2, -0.15) is 0 Å². The number of carbonyl (C=O) groups excluding carboxylic acids is 1. The normalized spacial score (nSPS) is 43.5. The molecule has 3 aliphatic rings. The van der Waals surface area contributed by atoms with E-state index in [1.165, 1.54) is 31.8 Å². The van der Waals surface area contributed by atoms with Gasteiger partial charge in [0.15, 0.2) is 0 Å². The fourth-order valence-corrected chi connectivity index (χ4v) is 5.38. The summed E-state index contributed by atoms with van der Waals surface area (Å²) < 4.78 is 4.83. The zero-order valence-corrected chi connectivity index (χ0v) is 14.9. The highest BCUT2D eigenvalue weighted by Gasteiger charge is 2.53. The van der Waals surface area contributed by atoms with Crippen molar-refractivity contribution >= 4 is 5.97 Å². The maximum atomic E-state index is 11.3. The molecule has 1 fully saturated rings. The molecule has 3 nitrogen and oxygen atoms in total. The fourth-order valence-electron chi connectivity index (χ4n) is 5.38. The third-order valence-corrected chi connectivity index (χ3v) is 7.39. The largest absolute Gasteiger partial charge is 0.429 e. The minimum Gasteiger partial charge on any atom is -0.429 e. The van der Waals surface area contributed by atoms with Crippen LogP contribution < -0.4 is 0 Å². The van der Waals surface area contributed by atoms with E-state index in [-0.39, 0.29) is 5.41 Å². The summed E-state index contributed by atoms with van der Waals surface area (Å²) in [5, 5.41) is 9.84. The number of cyclic esters (lactones) is 1. The van der Waals surface area contributed by atoms with Crippen LogP contribution in [-0.2, 0) is 9.53 Å². The Labute approximate surface area is 139 Å². The van der Waals surface area contributed by atoms with Crippen LogP contribution in [0.1, 0.15) is 66.2 Å². The van der Waals surface area contributed by atoms with Gasteiger partial charge in [0.1, 0.15) is 0 Å². The molecular formula is C20H30O3. The zero-order valence-electron chi connectivity index (χ0n) is 14.9. The average molecular weight is 318 g/mol. The lowest BCUT2D eigenvalue weighted by atomic mass is 9.47. The van der Waals surface area contributed by atoms with Crippen molar-refractivity contribution in [1.82, 2.24) is 0 Å². The predicted octanol–water partition coefficient (Wildman–Crippen LogP) is 4.37. The van der Waals surface area contributed by atoms with Crippen LogP contribution in [0.2, 0.25) is 0 Å². The van der Waals surface area contributed by atoms with E-state index in [1.807, 2.05) is 0 Å². The van der Waals surface area contributed by atoms with Gasteiger partial charge in [0.05, 0.1) is 0 Å². The molecule has 3 heteroatoms. The number of rotatable bonds is 3. The van der Waals surface area contributed by atoms with Crippen LogP contribution in [0.5, 0.6) is 0 Å². The first-order valence-electron chi connectivity index (χ1n) is 9.04. The fraction of sp³-hybridized carbons (Fsp3) is 0.750. The lowest BCUT2D eigenvalue weighted by Crippen LogP contribution is -2.49. The summed E-state index contributed by atoms with van der Waals surface area (Å²) >= 11 is 0. The standard InChI is InChI=1S/C20H30O3/c1-13-6-5-7-16-19(13,3)10-8-14(2)20(16,4)11-9-15-12-17(21)23-18(15)22/h6,12,14,16,18,22H,5,7-11H2,1-4H3/t14-,16+,18-,19+,20+/m0/s1. The first kappa shape index (κ1) is 16.8. The maximum absolute atomic E-state index is 11.3. The Morgan fingerprint density at radius 3 is 2.74 bits per heavy atom. The minimum absolute atomic E-state index is 0.245. The van der Waals surface area contributed by atoms with Gasteiger partial charge in [-0.15, -0.1) is 0 Å². The Morgan fingerprint density at radius 1 is 1.35 bits per heavy atom. The molecule has 0 saturated heterocycles. The van der Waals surface area contributed by atoms with E-state index < -0.39 is 12.3 Å². The number of esters is 1. The van der Waals surface area contributed by atoms with Crippen molar-refractivity contribution in [3.63, 3.8) is 0 Å². The van der Waals surface area contributed by atoms with E-state index in [4.69, 9.17) is 4.74 Å². The molecule has 0 amide bonds. The van der Waals surface area contributed by atoms with Gasteiger partial charge in [-0.05, 0) is 68.1 Å². The lowest BCUT2D eigenvalue weighted by Gasteiger charge is -2.58. The van der Waals surface area contributed by atoms with Gasteiger partial charge in [0.2, 0.25) is 6.29 Å². The predicted molar refractivity (Wildman–Crippen MR) is 90.5 cm³/mol. The molecule has 1 aliphatic heterocycles. The van der Waals surface area contributed by atoms with Crippen LogP contribution in [0.25, 0.3) is 0 Å². The number of hydrogen-bond donors (Lipinski definition) is 1. The second kappa shape index (κ2) is 5.77. The maximum Gasteiger partial charge on any atom is 0.333 e. The second-order valence-electron chi connectivity index (χ2n) is 8.39. The first-order valence-corrected chi connectivity index (χ1v) is 9.04. The summed E-state index contributed by atoms with van der Waals surface area (Å²) in [5.41, 5.74) is 2.87. The van der Waals surface area contributed by atoms with Crippen molar-refractivity contribution in [3.8, 4) is 0 Å². The van der Waals surface area contributed by atoms with E-state index in [0.717, 1.165) is 18.4 Å². The van der Waals surface area contributed by atoms with Gasteiger partial charge in [-0.1, -0.05) is 32.4 Å². The molecule has 128 valence electrons. The molecule has 2 aliphatic carbocycles. The molecule has 0 aromatic heterocycles. The van der Waals surface area contributed by atoms with Crippen molar-refractivity contribution < 1.29 is 14.6 Å². The van der Waals surface area contributed by atoms with E-state index >= 15 is 0 Å². The van der Waals surface area contributed by atoms with Crippen LogP contribution in [0, 0.1) is 22.7 Å². The van der Waals surface area contributed by atoms with Crippen molar-refractivity contribution in [2.24, 2.45) is 22.7 Å². The number of carbonyl (C=O) groups is 1. The van der Waals surface area contributed by atoms with Gasteiger partial charge in [-0.25, -0.2) is 4.79 Å². The van der Waals surface area contributed by atoms with Crippen molar-refractivity contribution in [3.05, 3.63) is 23.3 Å². The summed E-state index contributed by atoms with van der Waals surface area (Å²) in [6.07, 6.45) is 9.63. The number of aliphatic hydroxyl groups is 1. The molecule has 23 heavy (non-hydrogen) atoms. The number of ether oxygens (including phenoxy) is 1. The van der Waals surface area contributed by atoms with Crippen LogP contribution in [0.15, 0.2) is 23.3 Å². The van der Waals surface area contributed by atoms with Gasteiger partial charge in [0.25, 0.3) is 0 Å². The summed E-state index contributed by atoms with van der Waals surface area (Å²) in [5.74, 6) is 0.942. The highest BCUT2D eigenvalue weighted by Crippen LogP contribution is 2.61. The van der Waals surface area contributed by atoms with Gasteiger partial charge >= 0.3 is 5.97 Å². The van der Waals surface area contributed by atoms with E-state index in [1.54, 1.807) is 5.57 Å². The van der Waals surface area contributed by atoms with Crippen LogP contribution >= 0.6 is 0 Å². The Kier molecular flexibility index (Phi) is 4.20. The molecule has 0 bridgehead atoms. The number of hydrogen-bond acceptors (Lipinski definition) is 3. The summed E-state index contributed by atoms with van der Waals surface area (Å²) in [4.78, 5) is 11.3. The summed E-state index contributed by atoms with van der Waals surface area (Å²) in [6, 6.07) is 0. The summed E-state index contributed by atoms with van der Waals surface area (Å²) in [7, 11) is 0. The molecule has 3 rings (SSSR count). The molecule has 0 aromatic carbocycles. The minimum atomic E-state index is -1.02. The Balaban J connectivity index is 1.82. The molecule has 1 heterocycles. The highest BCUT2D eigenvalue weighted by atomic mass is 16.6. The molecule has 1 N–H and O–H groups in total. The van der Waals surface area contributed by atoms with Gasteiger partial charge in [0, 0.05) is 11.6 Å². The smallest absolute Gasteiger partial charge is 0.333 e. The molecule has 1 saturated carbocycles. The molecule has 0 radical (unpaired) electrons. The Bertz CT molecular complexity index is 561. The summed E-state index contributed by atoms with van der Waals surface area (Å²) in [6.45, 7) is 9.57. The quantitative estimate of drug-likeness (QED) is 0.621. The van der Waals surface area contributed by atoms with E-state index in [0.29, 0.717) is 17.3 Å². The van der Waals surface area contributed by atoms with E-state index in [2.05, 4.69) is 33.8 Å². The van der Waals surface area contributed by atoms with Crippen LogP contribution in [0.4, 0.5) is 0 Å². The molecule has 0 aromatic rings. The van der Waals surface area contributed by atoms with Crippen LogP contribution in [0.3, 0.4) is 0 Å². The molecule has 0 unspecified atom stereocenters. The van der Waals surface area contributed by atoms with Crippen molar-refractivity contribution in [2.45, 2.75) is 72.5 Å².